The predicted octanol–water partition coefficient (Wildman–Crippen LogP) is 3.08. The molecule has 0 bridgehead atoms. The van der Waals surface area contributed by atoms with E-state index in [-0.39, 0.29) is 0 Å². The molecule has 3 heterocycles. The molecule has 0 radical (unpaired) electrons. The summed E-state index contributed by atoms with van der Waals surface area (Å²) in [5.74, 6) is 0.929. The third-order valence-electron chi connectivity index (χ3n) is 4.58. The first-order valence-electron chi connectivity index (χ1n) is 8.21. The average molecular weight is 307 g/mol. The van der Waals surface area contributed by atoms with Crippen molar-refractivity contribution in [2.24, 2.45) is 5.73 Å². The molecule has 0 aliphatic heterocycles. The van der Waals surface area contributed by atoms with Gasteiger partial charge in [0.05, 0.1) is 17.4 Å². The summed E-state index contributed by atoms with van der Waals surface area (Å²) < 4.78 is 1.87. The maximum Gasteiger partial charge on any atom is 0.126 e. The van der Waals surface area contributed by atoms with E-state index in [1.165, 1.54) is 0 Å². The Bertz CT molecular complexity index is 802. The Kier molecular flexibility index (Phi) is 3.71. The van der Waals surface area contributed by atoms with Gasteiger partial charge in [-0.2, -0.15) is 5.10 Å². The lowest BCUT2D eigenvalue weighted by Gasteiger charge is -2.27. The van der Waals surface area contributed by atoms with Crippen molar-refractivity contribution in [2.45, 2.75) is 37.8 Å². The summed E-state index contributed by atoms with van der Waals surface area (Å²) in [6.07, 6.45) is 8.23. The Morgan fingerprint density at radius 3 is 2.78 bits per heavy atom. The molecule has 1 aliphatic rings. The zero-order valence-electron chi connectivity index (χ0n) is 13.0. The van der Waals surface area contributed by atoms with E-state index < -0.39 is 0 Å². The van der Waals surface area contributed by atoms with Gasteiger partial charge in [-0.05, 0) is 49.9 Å². The molecule has 4 rings (SSSR count). The van der Waals surface area contributed by atoms with E-state index in [9.17, 15) is 0 Å². The molecule has 0 atom stereocenters. The zero-order valence-corrected chi connectivity index (χ0v) is 13.0. The van der Waals surface area contributed by atoms with E-state index in [0.717, 1.165) is 48.3 Å². The number of hydrogen-bond acceptors (Lipinski definition) is 4. The van der Waals surface area contributed by atoms with Gasteiger partial charge in [-0.1, -0.05) is 12.1 Å². The maximum atomic E-state index is 5.98. The van der Waals surface area contributed by atoms with Crippen LogP contribution in [-0.4, -0.2) is 26.7 Å². The Morgan fingerprint density at radius 1 is 1.04 bits per heavy atom. The van der Waals surface area contributed by atoms with E-state index in [1.807, 2.05) is 47.2 Å². The molecule has 3 aromatic heterocycles. The molecular formula is C18H21N5. The highest BCUT2D eigenvalue weighted by Gasteiger charge is 2.18. The van der Waals surface area contributed by atoms with Crippen molar-refractivity contribution in [3.8, 4) is 11.3 Å². The van der Waals surface area contributed by atoms with Crippen molar-refractivity contribution >= 4 is 11.3 Å². The first-order chi connectivity index (χ1) is 11.3. The van der Waals surface area contributed by atoms with Crippen molar-refractivity contribution in [1.29, 1.82) is 0 Å². The van der Waals surface area contributed by atoms with Crippen LogP contribution in [0.5, 0.6) is 0 Å². The van der Waals surface area contributed by atoms with Gasteiger partial charge in [0.2, 0.25) is 0 Å². The molecule has 23 heavy (non-hydrogen) atoms. The van der Waals surface area contributed by atoms with E-state index in [2.05, 4.69) is 16.5 Å². The molecular weight excluding hydrogens is 286 g/mol. The highest BCUT2D eigenvalue weighted by molar-refractivity contribution is 5.78. The van der Waals surface area contributed by atoms with Crippen LogP contribution in [0.3, 0.4) is 0 Å². The molecule has 0 unspecified atom stereocenters. The predicted molar refractivity (Wildman–Crippen MR) is 92.3 cm³/mol. The lowest BCUT2D eigenvalue weighted by molar-refractivity contribution is 0.410. The fraction of sp³-hybridized carbons (Fsp3) is 0.333. The molecule has 0 spiro atoms. The van der Waals surface area contributed by atoms with E-state index in [4.69, 9.17) is 10.7 Å². The summed E-state index contributed by atoms with van der Waals surface area (Å²) >= 11 is 0. The molecule has 5 heteroatoms. The number of aromatic nitrogens is 3. The largest absolute Gasteiger partial charge is 0.367 e. The van der Waals surface area contributed by atoms with Gasteiger partial charge in [-0.3, -0.25) is 0 Å². The number of nitrogens with zero attached hydrogens (tertiary/aromatic N) is 3. The average Bonchev–Trinajstić information content (AvgIpc) is 3.01. The number of fused-ring (bicyclic) bond motifs is 1. The fourth-order valence-electron chi connectivity index (χ4n) is 3.27. The van der Waals surface area contributed by atoms with Crippen LogP contribution in [0.25, 0.3) is 16.8 Å². The third kappa shape index (κ3) is 2.92. The molecule has 1 saturated carbocycles. The lowest BCUT2D eigenvalue weighted by Crippen LogP contribution is -2.33. The quantitative estimate of drug-likeness (QED) is 0.780. The third-order valence-corrected chi connectivity index (χ3v) is 4.58. The molecule has 118 valence electrons. The van der Waals surface area contributed by atoms with E-state index in [1.54, 1.807) is 0 Å². The fourth-order valence-corrected chi connectivity index (χ4v) is 3.27. The Hall–Kier alpha value is -2.40. The molecule has 1 fully saturated rings. The SMILES string of the molecule is NC1CCC(Nc2cccc(-c3cnn4ccccc34)n2)CC1. The van der Waals surface area contributed by atoms with Gasteiger partial charge in [0.25, 0.3) is 0 Å². The van der Waals surface area contributed by atoms with Crippen LogP contribution in [0.4, 0.5) is 5.82 Å². The van der Waals surface area contributed by atoms with Gasteiger partial charge in [-0.15, -0.1) is 0 Å². The van der Waals surface area contributed by atoms with Crippen LogP contribution in [0.15, 0.2) is 48.8 Å². The number of pyridine rings is 2. The summed E-state index contributed by atoms with van der Waals surface area (Å²) in [6, 6.07) is 13.0. The molecule has 5 nitrogen and oxygen atoms in total. The Labute approximate surface area is 135 Å². The van der Waals surface area contributed by atoms with Crippen LogP contribution in [0.2, 0.25) is 0 Å². The van der Waals surface area contributed by atoms with Crippen molar-refractivity contribution in [3.05, 3.63) is 48.8 Å². The minimum absolute atomic E-state index is 0.367. The topological polar surface area (TPSA) is 68.2 Å². The standard InChI is InChI=1S/C18H21N5/c19-13-7-9-14(10-8-13)21-18-6-3-4-16(22-18)15-12-20-23-11-2-1-5-17(15)23/h1-6,11-14H,7-10,19H2,(H,21,22). The van der Waals surface area contributed by atoms with Crippen LogP contribution in [0, 0.1) is 0 Å². The molecule has 0 saturated heterocycles. The van der Waals surface area contributed by atoms with Gasteiger partial charge < -0.3 is 11.1 Å². The molecule has 3 aromatic rings. The molecule has 0 aromatic carbocycles. The van der Waals surface area contributed by atoms with Gasteiger partial charge in [0.15, 0.2) is 0 Å². The van der Waals surface area contributed by atoms with Crippen molar-refractivity contribution in [2.75, 3.05) is 5.32 Å². The van der Waals surface area contributed by atoms with Crippen molar-refractivity contribution in [1.82, 2.24) is 14.6 Å². The second kappa shape index (κ2) is 6.01. The monoisotopic (exact) mass is 307 g/mol. The first kappa shape index (κ1) is 14.2. The second-order valence-corrected chi connectivity index (χ2v) is 6.25. The van der Waals surface area contributed by atoms with Crippen LogP contribution in [0.1, 0.15) is 25.7 Å². The van der Waals surface area contributed by atoms with E-state index >= 15 is 0 Å². The van der Waals surface area contributed by atoms with E-state index in [0.29, 0.717) is 12.1 Å². The number of hydrogen-bond donors (Lipinski definition) is 2. The highest BCUT2D eigenvalue weighted by Crippen LogP contribution is 2.25. The normalized spacial score (nSPS) is 21.4. The number of anilines is 1. The summed E-state index contributed by atoms with van der Waals surface area (Å²) in [5, 5.41) is 7.95. The zero-order chi connectivity index (χ0) is 15.6. The summed E-state index contributed by atoms with van der Waals surface area (Å²) in [6.45, 7) is 0. The van der Waals surface area contributed by atoms with Gasteiger partial charge in [0, 0.05) is 23.8 Å². The van der Waals surface area contributed by atoms with Gasteiger partial charge in [-0.25, -0.2) is 9.50 Å². The Morgan fingerprint density at radius 2 is 1.91 bits per heavy atom. The Balaban J connectivity index is 1.59. The smallest absolute Gasteiger partial charge is 0.126 e. The number of rotatable bonds is 3. The minimum Gasteiger partial charge on any atom is -0.367 e. The summed E-state index contributed by atoms with van der Waals surface area (Å²) in [5.41, 5.74) is 9.05. The number of nitrogens with two attached hydrogens (primary N) is 1. The highest BCUT2D eigenvalue weighted by atomic mass is 15.2. The molecule has 1 aliphatic carbocycles. The van der Waals surface area contributed by atoms with Crippen LogP contribution >= 0.6 is 0 Å². The van der Waals surface area contributed by atoms with Crippen LogP contribution < -0.4 is 11.1 Å². The van der Waals surface area contributed by atoms with Crippen LogP contribution in [-0.2, 0) is 0 Å². The maximum absolute atomic E-state index is 5.98. The molecule has 0 amide bonds. The van der Waals surface area contributed by atoms with Crippen molar-refractivity contribution < 1.29 is 0 Å². The lowest BCUT2D eigenvalue weighted by atomic mass is 9.92. The van der Waals surface area contributed by atoms with Crippen molar-refractivity contribution in [3.63, 3.8) is 0 Å². The summed E-state index contributed by atoms with van der Waals surface area (Å²) in [7, 11) is 0. The molecule has 3 N–H and O–H groups in total. The summed E-state index contributed by atoms with van der Waals surface area (Å²) in [4.78, 5) is 4.78. The van der Waals surface area contributed by atoms with Gasteiger partial charge >= 0.3 is 0 Å². The number of nitrogens with one attached hydrogen (secondary N) is 1. The second-order valence-electron chi connectivity index (χ2n) is 6.25. The van der Waals surface area contributed by atoms with Gasteiger partial charge in [0.1, 0.15) is 5.82 Å². The first-order valence-corrected chi connectivity index (χ1v) is 8.21. The minimum atomic E-state index is 0.367.